The third-order valence-electron chi connectivity index (χ3n) is 3.81. The second-order valence-corrected chi connectivity index (χ2v) is 6.01. The van der Waals surface area contributed by atoms with Crippen molar-refractivity contribution in [1.29, 1.82) is 0 Å². The van der Waals surface area contributed by atoms with Gasteiger partial charge in [0, 0.05) is 29.5 Å². The Bertz CT molecular complexity index is 710. The van der Waals surface area contributed by atoms with E-state index in [9.17, 15) is 0 Å². The van der Waals surface area contributed by atoms with Crippen molar-refractivity contribution in [2.75, 3.05) is 4.90 Å². The van der Waals surface area contributed by atoms with Crippen LogP contribution in [-0.2, 0) is 6.54 Å². The summed E-state index contributed by atoms with van der Waals surface area (Å²) in [5.74, 6) is 0. The molecule has 2 nitrogen and oxygen atoms in total. The highest BCUT2D eigenvalue weighted by molar-refractivity contribution is 6.42. The van der Waals surface area contributed by atoms with Crippen LogP contribution in [-0.4, -0.2) is 6.04 Å². The van der Waals surface area contributed by atoms with Crippen LogP contribution in [0.15, 0.2) is 48.5 Å². The normalized spacial score (nSPS) is 17.4. The topological polar surface area (TPSA) is 29.3 Å². The average Bonchev–Trinajstić information content (AvgIpc) is 2.47. The lowest BCUT2D eigenvalue weighted by Gasteiger charge is -2.35. The number of hydrogen-bond donors (Lipinski definition) is 1. The van der Waals surface area contributed by atoms with Gasteiger partial charge in [0.05, 0.1) is 10.0 Å². The fourth-order valence-electron chi connectivity index (χ4n) is 2.71. The zero-order valence-electron chi connectivity index (χ0n) is 11.7. The molecule has 2 N–H and O–H groups in total. The first kappa shape index (κ1) is 14.3. The molecular weight excluding hydrogens is 303 g/mol. The zero-order valence-corrected chi connectivity index (χ0v) is 13.2. The Labute approximate surface area is 134 Å². The fourth-order valence-corrected chi connectivity index (χ4v) is 3.09. The molecule has 1 atom stereocenters. The molecule has 2 aromatic carbocycles. The van der Waals surface area contributed by atoms with Crippen LogP contribution in [0.3, 0.4) is 0 Å². The van der Waals surface area contributed by atoms with Crippen molar-refractivity contribution in [3.8, 4) is 0 Å². The first-order valence-corrected chi connectivity index (χ1v) is 7.59. The molecule has 1 aliphatic rings. The summed E-state index contributed by atoms with van der Waals surface area (Å²) in [5.41, 5.74) is 10.2. The number of hydrogen-bond acceptors (Lipinski definition) is 2. The van der Waals surface area contributed by atoms with Gasteiger partial charge in [-0.15, -0.1) is 0 Å². The van der Waals surface area contributed by atoms with Crippen LogP contribution >= 0.6 is 23.2 Å². The Morgan fingerprint density at radius 1 is 1.10 bits per heavy atom. The Morgan fingerprint density at radius 2 is 1.86 bits per heavy atom. The van der Waals surface area contributed by atoms with Gasteiger partial charge in [-0.25, -0.2) is 0 Å². The van der Waals surface area contributed by atoms with Crippen molar-refractivity contribution in [1.82, 2.24) is 0 Å². The molecule has 0 saturated heterocycles. The number of halogens is 2. The first-order valence-electron chi connectivity index (χ1n) is 6.84. The molecular formula is C17H16Cl2N2. The van der Waals surface area contributed by atoms with Gasteiger partial charge in [-0.3, -0.25) is 0 Å². The maximum Gasteiger partial charge on any atom is 0.0642 e. The van der Waals surface area contributed by atoms with Crippen LogP contribution in [0.25, 0.3) is 5.70 Å². The monoisotopic (exact) mass is 318 g/mol. The average molecular weight is 319 g/mol. The van der Waals surface area contributed by atoms with Gasteiger partial charge in [0.2, 0.25) is 0 Å². The molecule has 3 rings (SSSR count). The van der Waals surface area contributed by atoms with E-state index >= 15 is 0 Å². The summed E-state index contributed by atoms with van der Waals surface area (Å²) < 4.78 is 0. The number of para-hydroxylation sites is 1. The Kier molecular flexibility index (Phi) is 3.83. The van der Waals surface area contributed by atoms with E-state index < -0.39 is 0 Å². The van der Waals surface area contributed by atoms with E-state index in [4.69, 9.17) is 28.9 Å². The second-order valence-electron chi connectivity index (χ2n) is 5.22. The van der Waals surface area contributed by atoms with Crippen LogP contribution < -0.4 is 10.6 Å². The molecule has 0 aliphatic carbocycles. The minimum absolute atomic E-state index is 0.204. The number of benzene rings is 2. The largest absolute Gasteiger partial charge is 0.398 e. The third-order valence-corrected chi connectivity index (χ3v) is 4.67. The summed E-state index contributed by atoms with van der Waals surface area (Å²) in [6, 6.07) is 14.1. The molecule has 21 heavy (non-hydrogen) atoms. The third kappa shape index (κ3) is 2.61. The van der Waals surface area contributed by atoms with E-state index in [2.05, 4.69) is 24.0 Å². The summed E-state index contributed by atoms with van der Waals surface area (Å²) >= 11 is 12.4. The predicted octanol–water partition coefficient (Wildman–Crippen LogP) is 4.70. The second kappa shape index (κ2) is 5.63. The first-order chi connectivity index (χ1) is 10.1. The summed E-state index contributed by atoms with van der Waals surface area (Å²) in [5, 5.41) is 1.20. The predicted molar refractivity (Wildman–Crippen MR) is 90.7 cm³/mol. The lowest BCUT2D eigenvalue weighted by Crippen LogP contribution is -2.35. The number of anilines is 1. The highest BCUT2D eigenvalue weighted by Crippen LogP contribution is 2.34. The van der Waals surface area contributed by atoms with Crippen molar-refractivity contribution < 1.29 is 0 Å². The summed E-state index contributed by atoms with van der Waals surface area (Å²) in [4.78, 5) is 2.28. The smallest absolute Gasteiger partial charge is 0.0642 e. The molecule has 0 amide bonds. The molecule has 0 aromatic heterocycles. The highest BCUT2D eigenvalue weighted by atomic mass is 35.5. The van der Waals surface area contributed by atoms with Crippen molar-refractivity contribution in [3.05, 3.63) is 69.7 Å². The van der Waals surface area contributed by atoms with E-state index in [-0.39, 0.29) is 6.04 Å². The molecule has 1 unspecified atom stereocenters. The lowest BCUT2D eigenvalue weighted by atomic mass is 10.00. The number of nitrogens with zero attached hydrogens (tertiary/aromatic N) is 1. The van der Waals surface area contributed by atoms with Gasteiger partial charge in [0.15, 0.2) is 0 Å². The van der Waals surface area contributed by atoms with E-state index in [1.165, 1.54) is 0 Å². The van der Waals surface area contributed by atoms with Gasteiger partial charge >= 0.3 is 0 Å². The van der Waals surface area contributed by atoms with Gasteiger partial charge in [0.25, 0.3) is 0 Å². The SMILES string of the molecule is CC1C=C(N)c2ccccc2N1Cc1cccc(Cl)c1Cl. The molecule has 108 valence electrons. The molecule has 0 bridgehead atoms. The Balaban J connectivity index is 2.01. The van der Waals surface area contributed by atoms with Crippen LogP contribution in [0.1, 0.15) is 18.1 Å². The van der Waals surface area contributed by atoms with Gasteiger partial charge in [-0.05, 0) is 30.7 Å². The van der Waals surface area contributed by atoms with Crippen molar-refractivity contribution in [3.63, 3.8) is 0 Å². The molecule has 0 saturated carbocycles. The maximum absolute atomic E-state index is 6.32. The zero-order chi connectivity index (χ0) is 15.0. The number of nitrogens with two attached hydrogens (primary N) is 1. The quantitative estimate of drug-likeness (QED) is 0.869. The van der Waals surface area contributed by atoms with E-state index in [1.54, 1.807) is 6.07 Å². The molecule has 0 radical (unpaired) electrons. The van der Waals surface area contributed by atoms with Crippen molar-refractivity contribution in [2.45, 2.75) is 19.5 Å². The van der Waals surface area contributed by atoms with Gasteiger partial charge < -0.3 is 10.6 Å². The fraction of sp³-hybridized carbons (Fsp3) is 0.176. The summed E-state index contributed by atoms with van der Waals surface area (Å²) in [7, 11) is 0. The lowest BCUT2D eigenvalue weighted by molar-refractivity contribution is 0.725. The van der Waals surface area contributed by atoms with Crippen molar-refractivity contribution in [2.24, 2.45) is 5.73 Å². The van der Waals surface area contributed by atoms with E-state index in [0.717, 1.165) is 22.5 Å². The van der Waals surface area contributed by atoms with E-state index in [1.807, 2.05) is 30.3 Å². The molecule has 4 heteroatoms. The summed E-state index contributed by atoms with van der Waals surface area (Å²) in [6.07, 6.45) is 2.07. The molecule has 0 spiro atoms. The number of rotatable bonds is 2. The maximum atomic E-state index is 6.32. The standard InChI is InChI=1S/C17H16Cl2N2/c1-11-9-15(20)13-6-2-3-8-16(13)21(11)10-12-5-4-7-14(18)17(12)19/h2-9,11H,10,20H2,1H3. The van der Waals surface area contributed by atoms with Crippen LogP contribution in [0.4, 0.5) is 5.69 Å². The molecule has 0 fully saturated rings. The van der Waals surface area contributed by atoms with E-state index in [0.29, 0.717) is 16.6 Å². The molecule has 1 aliphatic heterocycles. The van der Waals surface area contributed by atoms with Gasteiger partial charge in [-0.2, -0.15) is 0 Å². The minimum atomic E-state index is 0.204. The van der Waals surface area contributed by atoms with Crippen LogP contribution in [0, 0.1) is 0 Å². The summed E-state index contributed by atoms with van der Waals surface area (Å²) in [6.45, 7) is 2.82. The minimum Gasteiger partial charge on any atom is -0.398 e. The number of fused-ring (bicyclic) bond motifs is 1. The molecule has 2 aromatic rings. The Morgan fingerprint density at radius 3 is 2.67 bits per heavy atom. The van der Waals surface area contributed by atoms with Crippen LogP contribution in [0.5, 0.6) is 0 Å². The van der Waals surface area contributed by atoms with Gasteiger partial charge in [-0.1, -0.05) is 53.5 Å². The van der Waals surface area contributed by atoms with Crippen molar-refractivity contribution >= 4 is 34.6 Å². The van der Waals surface area contributed by atoms with Crippen LogP contribution in [0.2, 0.25) is 10.0 Å². The highest BCUT2D eigenvalue weighted by Gasteiger charge is 2.23. The Hall–Kier alpha value is -1.64. The van der Waals surface area contributed by atoms with Gasteiger partial charge in [0.1, 0.15) is 0 Å². The molecule has 1 heterocycles.